The van der Waals surface area contributed by atoms with Crippen LogP contribution in [0.4, 0.5) is 5.69 Å². The summed E-state index contributed by atoms with van der Waals surface area (Å²) < 4.78 is 6.11. The Morgan fingerprint density at radius 3 is 3.08 bits per heavy atom. The van der Waals surface area contributed by atoms with Gasteiger partial charge in [-0.2, -0.15) is 5.10 Å². The molecule has 1 aromatic rings. The summed E-state index contributed by atoms with van der Waals surface area (Å²) >= 11 is 0. The van der Waals surface area contributed by atoms with Gasteiger partial charge in [0.15, 0.2) is 0 Å². The Labute approximate surface area is 149 Å². The van der Waals surface area contributed by atoms with Gasteiger partial charge < -0.3 is 15.1 Å². The van der Waals surface area contributed by atoms with E-state index >= 15 is 0 Å². The number of hydrogen-bond donors (Lipinski definition) is 1. The molecule has 128 valence electrons. The Kier molecular flexibility index (Phi) is 3.15. The maximum Gasteiger partial charge on any atom is 0.322 e. The number of nitrogens with zero attached hydrogens (tertiary/aromatic N) is 5. The average Bonchev–Trinajstić information content (AvgIpc) is 3.00. The first kappa shape index (κ1) is 14.8. The minimum atomic E-state index is 0.331. The molecule has 4 aliphatic rings. The molecule has 7 nitrogen and oxygen atoms in total. The smallest absolute Gasteiger partial charge is 0.322 e. The molecule has 0 radical (unpaired) electrons. The van der Waals surface area contributed by atoms with Crippen LogP contribution in [0, 0.1) is 6.92 Å². The highest BCUT2D eigenvalue weighted by Crippen LogP contribution is 2.32. The van der Waals surface area contributed by atoms with E-state index in [0.717, 1.165) is 38.8 Å². The highest BCUT2D eigenvalue weighted by atomic mass is 16.5. The van der Waals surface area contributed by atoms with Crippen LogP contribution in [0.2, 0.25) is 0 Å². The second kappa shape index (κ2) is 5.52. The molecule has 0 aromatic carbocycles. The van der Waals surface area contributed by atoms with Crippen LogP contribution in [0.15, 0.2) is 41.9 Å². The van der Waals surface area contributed by atoms with Gasteiger partial charge in [0.25, 0.3) is 0 Å². The molecule has 0 saturated carbocycles. The summed E-state index contributed by atoms with van der Waals surface area (Å²) in [5.74, 6) is 0.699. The first-order valence-corrected chi connectivity index (χ1v) is 8.35. The van der Waals surface area contributed by atoms with E-state index in [1.165, 1.54) is 0 Å². The number of aromatic nitrogens is 3. The second-order valence-corrected chi connectivity index (χ2v) is 6.31. The van der Waals surface area contributed by atoms with Crippen LogP contribution in [-0.4, -0.2) is 22.0 Å². The maximum absolute atomic E-state index is 6.11. The third kappa shape index (κ3) is 2.21. The number of rotatable bonds is 2. The number of aryl methyl sites for hydroxylation is 1. The molecular weight excluding hydrogens is 328 g/mol. The van der Waals surface area contributed by atoms with E-state index in [0.29, 0.717) is 18.3 Å². The fourth-order valence-corrected chi connectivity index (χ4v) is 3.38. The standard InChI is InChI=1S/C19H16N6O/c1-11-5-6-20-19(23-11)26-15-8-12-9-22-24-14-10-21-17(16(12)14)18-13(15)4-3-7-25(18)2/h3-8,10,22H,9H2,1-2H3. The van der Waals surface area contributed by atoms with Gasteiger partial charge in [0.2, 0.25) is 0 Å². The Balaban J connectivity index is 1.82. The molecule has 1 aliphatic carbocycles. The van der Waals surface area contributed by atoms with E-state index < -0.39 is 0 Å². The second-order valence-electron chi connectivity index (χ2n) is 6.31. The zero-order chi connectivity index (χ0) is 17.7. The third-order valence-corrected chi connectivity index (χ3v) is 4.55. The van der Waals surface area contributed by atoms with Crippen LogP contribution in [0.25, 0.3) is 17.3 Å². The summed E-state index contributed by atoms with van der Waals surface area (Å²) in [7, 11) is 2.00. The van der Waals surface area contributed by atoms with Crippen molar-refractivity contribution in [2.45, 2.75) is 13.5 Å². The lowest BCUT2D eigenvalue weighted by atomic mass is 10.1. The van der Waals surface area contributed by atoms with Crippen LogP contribution in [-0.2, 0) is 6.54 Å². The highest BCUT2D eigenvalue weighted by molar-refractivity contribution is 5.83. The monoisotopic (exact) mass is 344 g/mol. The minimum Gasteiger partial charge on any atom is -0.424 e. The van der Waals surface area contributed by atoms with Gasteiger partial charge >= 0.3 is 6.01 Å². The van der Waals surface area contributed by atoms with Gasteiger partial charge in [-0.05, 0) is 36.8 Å². The van der Waals surface area contributed by atoms with Crippen LogP contribution in [0.5, 0.6) is 11.8 Å². The summed E-state index contributed by atoms with van der Waals surface area (Å²) in [5, 5.41) is 6.17. The normalized spacial score (nSPS) is 14.3. The summed E-state index contributed by atoms with van der Waals surface area (Å²) in [4.78, 5) is 15.3. The first-order valence-electron chi connectivity index (χ1n) is 8.35. The number of ether oxygens (including phenoxy) is 1. The fraction of sp³-hybridized carbons (Fsp3) is 0.158. The van der Waals surface area contributed by atoms with Crippen molar-refractivity contribution < 1.29 is 4.74 Å². The predicted molar refractivity (Wildman–Crippen MR) is 97.3 cm³/mol. The molecule has 1 aromatic heterocycles. The number of fused-ring (bicyclic) bond motifs is 2. The summed E-state index contributed by atoms with van der Waals surface area (Å²) in [6, 6.07) is 4.20. The maximum atomic E-state index is 6.11. The van der Waals surface area contributed by atoms with Crippen molar-refractivity contribution >= 4 is 11.8 Å². The molecule has 26 heavy (non-hydrogen) atoms. The van der Waals surface area contributed by atoms with Gasteiger partial charge in [-0.15, -0.1) is 0 Å². The van der Waals surface area contributed by atoms with Crippen molar-refractivity contribution in [2.24, 2.45) is 5.10 Å². The molecule has 1 N–H and O–H groups in total. The average molecular weight is 344 g/mol. The number of allylic oxidation sites excluding steroid dienone is 1. The summed E-state index contributed by atoms with van der Waals surface area (Å²) in [6.45, 7) is 2.53. The molecular formula is C19H16N6O. The van der Waals surface area contributed by atoms with E-state index in [4.69, 9.17) is 4.74 Å². The van der Waals surface area contributed by atoms with E-state index in [2.05, 4.69) is 30.4 Å². The molecule has 0 unspecified atom stereocenters. The number of anilines is 1. The van der Waals surface area contributed by atoms with Crippen LogP contribution >= 0.6 is 0 Å². The third-order valence-electron chi connectivity index (χ3n) is 4.55. The molecule has 0 spiro atoms. The lowest BCUT2D eigenvalue weighted by Gasteiger charge is -2.19. The Hall–Kier alpha value is -3.48. The largest absolute Gasteiger partial charge is 0.424 e. The highest BCUT2D eigenvalue weighted by Gasteiger charge is 2.24. The Bertz CT molecular complexity index is 1150. The van der Waals surface area contributed by atoms with E-state index in [-0.39, 0.29) is 0 Å². The Morgan fingerprint density at radius 1 is 1.27 bits per heavy atom. The van der Waals surface area contributed by atoms with E-state index in [1.54, 1.807) is 12.4 Å². The number of hydrogen-bond acceptors (Lipinski definition) is 7. The van der Waals surface area contributed by atoms with Crippen molar-refractivity contribution in [1.82, 2.24) is 20.4 Å². The van der Waals surface area contributed by atoms with Crippen molar-refractivity contribution in [3.8, 4) is 23.0 Å². The molecule has 0 fully saturated rings. The van der Waals surface area contributed by atoms with Gasteiger partial charge in [-0.25, -0.2) is 9.97 Å². The molecule has 7 heteroatoms. The lowest BCUT2D eigenvalue weighted by molar-refractivity contribution is 0.437. The van der Waals surface area contributed by atoms with Crippen molar-refractivity contribution in [1.29, 1.82) is 0 Å². The predicted octanol–water partition coefficient (Wildman–Crippen LogP) is 1.46. The lowest BCUT2D eigenvalue weighted by Crippen LogP contribution is -2.22. The van der Waals surface area contributed by atoms with Crippen LogP contribution < -0.4 is 25.6 Å². The van der Waals surface area contributed by atoms with Crippen molar-refractivity contribution in [2.75, 3.05) is 11.9 Å². The Morgan fingerprint density at radius 2 is 2.19 bits per heavy atom. The van der Waals surface area contributed by atoms with Gasteiger partial charge in [0, 0.05) is 35.9 Å². The number of nitrogens with one attached hydrogen (secondary N) is 1. The molecule has 0 atom stereocenters. The van der Waals surface area contributed by atoms with Gasteiger partial charge in [-0.3, -0.25) is 4.98 Å². The molecule has 0 bridgehead atoms. The van der Waals surface area contributed by atoms with Gasteiger partial charge in [0.05, 0.1) is 24.1 Å². The van der Waals surface area contributed by atoms with E-state index in [9.17, 15) is 0 Å². The molecule has 0 amide bonds. The topological polar surface area (TPSA) is 75.5 Å². The molecule has 0 saturated heterocycles. The molecule has 3 aliphatic heterocycles. The zero-order valence-electron chi connectivity index (χ0n) is 14.4. The SMILES string of the molecule is Cc1ccnc(Oc2cc3c4c(cnc-4c4c2=CC=CN4C)=NNC3)n1. The molecule has 5 rings (SSSR count). The van der Waals surface area contributed by atoms with Crippen LogP contribution in [0.3, 0.4) is 0 Å². The van der Waals surface area contributed by atoms with Crippen molar-refractivity contribution in [3.63, 3.8) is 0 Å². The van der Waals surface area contributed by atoms with Gasteiger partial charge in [-0.1, -0.05) is 0 Å². The summed E-state index contributed by atoms with van der Waals surface area (Å²) in [6.07, 6.45) is 9.52. The van der Waals surface area contributed by atoms with Crippen molar-refractivity contribution in [3.05, 3.63) is 58.6 Å². The molecule has 4 heterocycles. The van der Waals surface area contributed by atoms with E-state index in [1.807, 2.05) is 44.5 Å². The summed E-state index contributed by atoms with van der Waals surface area (Å²) in [5.41, 5.74) is 7.95. The fourth-order valence-electron chi connectivity index (χ4n) is 3.38. The zero-order valence-corrected chi connectivity index (χ0v) is 14.4. The quantitative estimate of drug-likeness (QED) is 0.759. The van der Waals surface area contributed by atoms with Crippen LogP contribution in [0.1, 0.15) is 11.3 Å². The first-order chi connectivity index (χ1) is 12.7. The minimum absolute atomic E-state index is 0.331. The van der Waals surface area contributed by atoms with Gasteiger partial charge in [0.1, 0.15) is 11.1 Å².